The van der Waals surface area contributed by atoms with Crippen LogP contribution in [0.2, 0.25) is 0 Å². The molecule has 0 radical (unpaired) electrons. The lowest BCUT2D eigenvalue weighted by Crippen LogP contribution is -2.41. The first-order chi connectivity index (χ1) is 13.3. The van der Waals surface area contributed by atoms with E-state index in [1.807, 2.05) is 12.1 Å². The monoisotopic (exact) mass is 440 g/mol. The van der Waals surface area contributed by atoms with Gasteiger partial charge in [0.05, 0.1) is 17.6 Å². The van der Waals surface area contributed by atoms with Crippen molar-refractivity contribution in [1.82, 2.24) is 14.6 Å². The predicted octanol–water partition coefficient (Wildman–Crippen LogP) is 3.68. The van der Waals surface area contributed by atoms with Crippen LogP contribution in [0.5, 0.6) is 0 Å². The minimum Gasteiger partial charge on any atom is -0.322 e. The number of carbonyl (C=O) groups is 2. The van der Waals surface area contributed by atoms with E-state index in [1.165, 1.54) is 18.2 Å². The number of halogens is 2. The molecule has 0 bridgehead atoms. The zero-order valence-corrected chi connectivity index (χ0v) is 16.3. The molecule has 4 rings (SSSR count). The van der Waals surface area contributed by atoms with Crippen LogP contribution in [0.3, 0.4) is 0 Å². The van der Waals surface area contributed by atoms with Gasteiger partial charge in [-0.1, -0.05) is 28.1 Å². The standard InChI is InChI=1S/C20H14BrFN4O2/c1-20(15-6-5-13(22)8-16(15)21)18(27)26(19(28)24-20)11-12-10-25-7-3-2-4-17(25)14(12)9-23/h2-8,10H,11H2,1H3,(H,24,28). The predicted molar refractivity (Wildman–Crippen MR) is 103 cm³/mol. The Bertz CT molecular complexity index is 1180. The largest absolute Gasteiger partial charge is 0.325 e. The summed E-state index contributed by atoms with van der Waals surface area (Å²) < 4.78 is 15.6. The highest BCUT2D eigenvalue weighted by Gasteiger charge is 2.50. The number of nitriles is 1. The normalized spacial score (nSPS) is 19.1. The average molecular weight is 441 g/mol. The summed E-state index contributed by atoms with van der Waals surface area (Å²) in [5.74, 6) is -0.920. The molecule has 1 unspecified atom stereocenters. The highest BCUT2D eigenvalue weighted by atomic mass is 79.9. The smallest absolute Gasteiger partial charge is 0.322 e. The minimum absolute atomic E-state index is 0.0381. The Kier molecular flexibility index (Phi) is 4.20. The van der Waals surface area contributed by atoms with Gasteiger partial charge in [0.2, 0.25) is 0 Å². The Labute approximate surface area is 168 Å². The van der Waals surface area contributed by atoms with Gasteiger partial charge >= 0.3 is 6.03 Å². The van der Waals surface area contributed by atoms with Crippen LogP contribution >= 0.6 is 15.9 Å². The van der Waals surface area contributed by atoms with Gasteiger partial charge in [0.15, 0.2) is 0 Å². The summed E-state index contributed by atoms with van der Waals surface area (Å²) in [5, 5.41) is 12.2. The molecule has 1 aromatic carbocycles. The van der Waals surface area contributed by atoms with E-state index >= 15 is 0 Å². The Hall–Kier alpha value is -3.18. The van der Waals surface area contributed by atoms with Crippen LogP contribution in [0.25, 0.3) is 5.52 Å². The number of hydrogen-bond acceptors (Lipinski definition) is 3. The topological polar surface area (TPSA) is 77.6 Å². The summed E-state index contributed by atoms with van der Waals surface area (Å²) in [5.41, 5.74) is 0.807. The first kappa shape index (κ1) is 18.2. The number of urea groups is 1. The SMILES string of the molecule is CC1(c2ccc(F)cc2Br)NC(=O)N(Cc2cn3ccccc3c2C#N)C1=O. The number of carbonyl (C=O) groups excluding carboxylic acids is 2. The Morgan fingerprint density at radius 1 is 1.29 bits per heavy atom. The third-order valence-corrected chi connectivity index (χ3v) is 5.60. The van der Waals surface area contributed by atoms with E-state index in [2.05, 4.69) is 27.3 Å². The summed E-state index contributed by atoms with van der Waals surface area (Å²) >= 11 is 3.26. The molecule has 1 fully saturated rings. The fourth-order valence-electron chi connectivity index (χ4n) is 3.51. The summed E-state index contributed by atoms with van der Waals surface area (Å²) in [4.78, 5) is 26.8. The van der Waals surface area contributed by atoms with E-state index in [9.17, 15) is 19.2 Å². The van der Waals surface area contributed by atoms with Crippen molar-refractivity contribution < 1.29 is 14.0 Å². The lowest BCUT2D eigenvalue weighted by Gasteiger charge is -2.23. The van der Waals surface area contributed by atoms with E-state index in [0.29, 0.717) is 26.7 Å². The maximum absolute atomic E-state index is 13.4. The molecule has 2 aromatic heterocycles. The molecule has 0 aliphatic carbocycles. The highest BCUT2D eigenvalue weighted by molar-refractivity contribution is 9.10. The van der Waals surface area contributed by atoms with Gasteiger partial charge in [0.25, 0.3) is 5.91 Å². The molecule has 1 N–H and O–H groups in total. The van der Waals surface area contributed by atoms with E-state index in [1.54, 1.807) is 29.8 Å². The van der Waals surface area contributed by atoms with Crippen LogP contribution in [-0.2, 0) is 16.9 Å². The fraction of sp³-hybridized carbons (Fsp3) is 0.150. The number of hydrogen-bond donors (Lipinski definition) is 1. The van der Waals surface area contributed by atoms with Gasteiger partial charge in [-0.25, -0.2) is 9.18 Å². The maximum atomic E-state index is 13.4. The summed E-state index contributed by atoms with van der Waals surface area (Å²) in [6, 6.07) is 11.0. The quantitative estimate of drug-likeness (QED) is 0.630. The zero-order valence-electron chi connectivity index (χ0n) is 14.7. The number of amides is 3. The lowest BCUT2D eigenvalue weighted by atomic mass is 9.92. The molecule has 0 saturated carbocycles. The number of pyridine rings is 1. The molecule has 1 atom stereocenters. The molecule has 3 amide bonds. The lowest BCUT2D eigenvalue weighted by molar-refractivity contribution is -0.131. The molecule has 1 aliphatic rings. The number of nitrogens with one attached hydrogen (secondary N) is 1. The number of aromatic nitrogens is 1. The molecule has 1 aliphatic heterocycles. The zero-order chi connectivity index (χ0) is 20.1. The molecule has 0 spiro atoms. The number of fused-ring (bicyclic) bond motifs is 1. The first-order valence-electron chi connectivity index (χ1n) is 8.43. The van der Waals surface area contributed by atoms with E-state index in [0.717, 1.165) is 4.90 Å². The summed E-state index contributed by atoms with van der Waals surface area (Å²) in [7, 11) is 0. The first-order valence-corrected chi connectivity index (χ1v) is 9.23. The van der Waals surface area contributed by atoms with Crippen LogP contribution in [0.4, 0.5) is 9.18 Å². The second kappa shape index (κ2) is 6.46. The van der Waals surface area contributed by atoms with Crippen LogP contribution in [-0.4, -0.2) is 21.2 Å². The Morgan fingerprint density at radius 2 is 2.07 bits per heavy atom. The molecule has 6 nitrogen and oxygen atoms in total. The van der Waals surface area contributed by atoms with Crippen molar-refractivity contribution in [3.63, 3.8) is 0 Å². The van der Waals surface area contributed by atoms with Crippen molar-refractivity contribution in [2.24, 2.45) is 0 Å². The van der Waals surface area contributed by atoms with Crippen LogP contribution in [0.1, 0.15) is 23.6 Å². The number of nitrogens with zero attached hydrogens (tertiary/aromatic N) is 3. The number of benzene rings is 1. The third-order valence-electron chi connectivity index (χ3n) is 4.95. The minimum atomic E-state index is -1.34. The number of rotatable bonds is 3. The molecule has 8 heteroatoms. The summed E-state index contributed by atoms with van der Waals surface area (Å²) in [6.45, 7) is 1.54. The molecular formula is C20H14BrFN4O2. The molecule has 140 valence electrons. The van der Waals surface area contributed by atoms with E-state index in [-0.39, 0.29) is 6.54 Å². The van der Waals surface area contributed by atoms with Crippen molar-refractivity contribution in [3.05, 3.63) is 75.8 Å². The van der Waals surface area contributed by atoms with Gasteiger partial charge in [0.1, 0.15) is 17.4 Å². The van der Waals surface area contributed by atoms with E-state index in [4.69, 9.17) is 0 Å². The highest BCUT2D eigenvalue weighted by Crippen LogP contribution is 2.35. The Morgan fingerprint density at radius 3 is 2.79 bits per heavy atom. The van der Waals surface area contributed by atoms with Gasteiger partial charge in [-0.15, -0.1) is 0 Å². The van der Waals surface area contributed by atoms with Crippen LogP contribution in [0, 0.1) is 17.1 Å². The second-order valence-corrected chi connectivity index (χ2v) is 7.56. The second-order valence-electron chi connectivity index (χ2n) is 6.70. The fourth-order valence-corrected chi connectivity index (χ4v) is 4.26. The molecule has 3 aromatic rings. The summed E-state index contributed by atoms with van der Waals surface area (Å²) in [6.07, 6.45) is 3.53. The van der Waals surface area contributed by atoms with Crippen LogP contribution in [0.15, 0.2) is 53.3 Å². The van der Waals surface area contributed by atoms with Gasteiger partial charge < -0.3 is 9.72 Å². The van der Waals surface area contributed by atoms with Crippen molar-refractivity contribution in [1.29, 1.82) is 5.26 Å². The van der Waals surface area contributed by atoms with Crippen LogP contribution < -0.4 is 5.32 Å². The number of imide groups is 1. The average Bonchev–Trinajstić information content (AvgIpc) is 3.11. The molecule has 3 heterocycles. The van der Waals surface area contributed by atoms with Gasteiger partial charge in [-0.3, -0.25) is 9.69 Å². The van der Waals surface area contributed by atoms with Crippen molar-refractivity contribution in [3.8, 4) is 6.07 Å². The Balaban J connectivity index is 1.72. The molecule has 28 heavy (non-hydrogen) atoms. The van der Waals surface area contributed by atoms with Crippen molar-refractivity contribution >= 4 is 33.4 Å². The third kappa shape index (κ3) is 2.67. The van der Waals surface area contributed by atoms with E-state index < -0.39 is 23.3 Å². The van der Waals surface area contributed by atoms with Gasteiger partial charge in [0, 0.05) is 28.0 Å². The molecule has 1 saturated heterocycles. The van der Waals surface area contributed by atoms with Gasteiger partial charge in [-0.2, -0.15) is 5.26 Å². The van der Waals surface area contributed by atoms with Crippen molar-refractivity contribution in [2.75, 3.05) is 0 Å². The van der Waals surface area contributed by atoms with Crippen molar-refractivity contribution in [2.45, 2.75) is 19.0 Å². The maximum Gasteiger partial charge on any atom is 0.325 e. The van der Waals surface area contributed by atoms with Gasteiger partial charge in [-0.05, 0) is 31.2 Å². The molecular weight excluding hydrogens is 427 g/mol.